The molecule has 144 valence electrons. The van der Waals surface area contributed by atoms with Crippen LogP contribution in [0.1, 0.15) is 28.0 Å². The molecule has 0 aliphatic carbocycles. The van der Waals surface area contributed by atoms with Crippen LogP contribution in [-0.4, -0.2) is 29.0 Å². The summed E-state index contributed by atoms with van der Waals surface area (Å²) in [4.78, 5) is 17.2. The Morgan fingerprint density at radius 3 is 2.61 bits per heavy atom. The van der Waals surface area contributed by atoms with Gasteiger partial charge in [0.1, 0.15) is 12.8 Å². The van der Waals surface area contributed by atoms with Gasteiger partial charge < -0.3 is 10.2 Å². The summed E-state index contributed by atoms with van der Waals surface area (Å²) < 4.78 is 27.5. The van der Waals surface area contributed by atoms with Gasteiger partial charge >= 0.3 is 0 Å². The molecular weight excluding hydrogens is 366 g/mol. The highest BCUT2D eigenvalue weighted by Crippen LogP contribution is 2.29. The third kappa shape index (κ3) is 4.22. The zero-order chi connectivity index (χ0) is 20.1. The normalized spacial score (nSPS) is 11.2. The molecule has 8 heteroatoms. The number of aryl methyl sites for hydroxylation is 1. The molecular formula is C20H18F2N4O2. The van der Waals surface area contributed by atoms with E-state index in [1.807, 2.05) is 36.4 Å². The zero-order valence-electron chi connectivity index (χ0n) is 15.3. The summed E-state index contributed by atoms with van der Waals surface area (Å²) >= 11 is 0. The maximum Gasteiger partial charge on any atom is 0.282 e. The predicted octanol–water partition coefficient (Wildman–Crippen LogP) is 4.26. The summed E-state index contributed by atoms with van der Waals surface area (Å²) in [6.07, 6.45) is 0.0215. The van der Waals surface area contributed by atoms with Crippen molar-refractivity contribution in [3.05, 3.63) is 71.5 Å². The van der Waals surface area contributed by atoms with Crippen molar-refractivity contribution in [1.29, 1.82) is 0 Å². The van der Waals surface area contributed by atoms with Crippen molar-refractivity contribution in [3.63, 3.8) is 0 Å². The number of amides is 1. The Morgan fingerprint density at radius 2 is 1.93 bits per heavy atom. The van der Waals surface area contributed by atoms with Crippen LogP contribution < -0.4 is 5.32 Å². The predicted molar refractivity (Wildman–Crippen MR) is 103 cm³/mol. The number of para-hydroxylation sites is 1. The van der Waals surface area contributed by atoms with Crippen LogP contribution in [0.25, 0.3) is 11.1 Å². The van der Waals surface area contributed by atoms with Crippen molar-refractivity contribution in [3.8, 4) is 11.1 Å². The number of nitrogens with one attached hydrogen (secondary N) is 1. The largest absolute Gasteiger partial charge is 0.399 e. The molecule has 0 aliphatic heterocycles. The van der Waals surface area contributed by atoms with E-state index in [0.29, 0.717) is 5.69 Å². The summed E-state index contributed by atoms with van der Waals surface area (Å²) in [7, 11) is 2.95. The molecule has 28 heavy (non-hydrogen) atoms. The van der Waals surface area contributed by atoms with Crippen LogP contribution in [0.3, 0.4) is 0 Å². The Hall–Kier alpha value is -3.55. The van der Waals surface area contributed by atoms with Gasteiger partial charge in [-0.3, -0.25) is 9.48 Å². The number of aromatic nitrogens is 2. The van der Waals surface area contributed by atoms with E-state index in [1.165, 1.54) is 25.0 Å². The molecule has 1 amide bonds. The van der Waals surface area contributed by atoms with Crippen LogP contribution in [-0.2, 0) is 11.9 Å². The Bertz CT molecular complexity index is 998. The summed E-state index contributed by atoms with van der Waals surface area (Å²) in [6, 6.07) is 14.6. The smallest absolute Gasteiger partial charge is 0.282 e. The highest BCUT2D eigenvalue weighted by molar-refractivity contribution is 6.07. The van der Waals surface area contributed by atoms with Crippen LogP contribution in [0.2, 0.25) is 0 Å². The minimum Gasteiger partial charge on any atom is -0.399 e. The van der Waals surface area contributed by atoms with Crippen molar-refractivity contribution >= 4 is 17.8 Å². The molecule has 0 atom stereocenters. The van der Waals surface area contributed by atoms with E-state index >= 15 is 0 Å². The molecule has 1 heterocycles. The average molecular weight is 384 g/mol. The van der Waals surface area contributed by atoms with Gasteiger partial charge in [-0.05, 0) is 17.2 Å². The van der Waals surface area contributed by atoms with Crippen LogP contribution in [0.15, 0.2) is 59.9 Å². The van der Waals surface area contributed by atoms with E-state index in [9.17, 15) is 13.6 Å². The summed E-state index contributed by atoms with van der Waals surface area (Å²) in [5.41, 5.74) is 2.27. The van der Waals surface area contributed by atoms with Crippen LogP contribution >= 0.6 is 0 Å². The first-order valence-corrected chi connectivity index (χ1v) is 8.38. The highest BCUT2D eigenvalue weighted by Gasteiger charge is 2.23. The number of carbonyl (C=O) groups excluding carboxylic acids is 1. The van der Waals surface area contributed by atoms with Gasteiger partial charge in [-0.25, -0.2) is 8.78 Å². The molecule has 0 saturated heterocycles. The van der Waals surface area contributed by atoms with Gasteiger partial charge in [0.2, 0.25) is 0 Å². The quantitative estimate of drug-likeness (QED) is 0.510. The Labute approximate surface area is 160 Å². The van der Waals surface area contributed by atoms with E-state index in [1.54, 1.807) is 18.3 Å². The van der Waals surface area contributed by atoms with Crippen LogP contribution in [0, 0.1) is 0 Å². The number of benzene rings is 2. The number of oxime groups is 1. The van der Waals surface area contributed by atoms with E-state index in [2.05, 4.69) is 20.4 Å². The molecule has 1 aromatic heterocycles. The van der Waals surface area contributed by atoms with E-state index in [4.69, 9.17) is 0 Å². The lowest BCUT2D eigenvalue weighted by atomic mass is 10.0. The van der Waals surface area contributed by atoms with Gasteiger partial charge in [-0.15, -0.1) is 0 Å². The topological polar surface area (TPSA) is 68.5 Å². The lowest BCUT2D eigenvalue weighted by Crippen LogP contribution is -2.14. The second kappa shape index (κ2) is 8.43. The first-order valence-electron chi connectivity index (χ1n) is 8.38. The van der Waals surface area contributed by atoms with Crippen molar-refractivity contribution in [2.24, 2.45) is 12.2 Å². The highest BCUT2D eigenvalue weighted by atomic mass is 19.3. The summed E-state index contributed by atoms with van der Waals surface area (Å²) in [5.74, 6) is -0.639. The van der Waals surface area contributed by atoms with Crippen molar-refractivity contribution in [2.45, 2.75) is 6.43 Å². The average Bonchev–Trinajstić information content (AvgIpc) is 3.09. The van der Waals surface area contributed by atoms with E-state index in [-0.39, 0.29) is 5.56 Å². The SMILES string of the molecule is CO/N=C\c1ccc(-c2ccccc2NC(=O)c2cn(C)nc2C(F)F)cc1. The number of nitrogens with zero attached hydrogens (tertiary/aromatic N) is 3. The fraction of sp³-hybridized carbons (Fsp3) is 0.150. The molecule has 0 aliphatic rings. The van der Waals surface area contributed by atoms with E-state index < -0.39 is 18.0 Å². The molecule has 3 aromatic rings. The molecule has 1 N–H and O–H groups in total. The number of carbonyl (C=O) groups is 1. The third-order valence-electron chi connectivity index (χ3n) is 4.01. The fourth-order valence-corrected chi connectivity index (χ4v) is 2.74. The number of hydrogen-bond donors (Lipinski definition) is 1. The minimum absolute atomic E-state index is 0.154. The zero-order valence-corrected chi connectivity index (χ0v) is 15.3. The third-order valence-corrected chi connectivity index (χ3v) is 4.01. The monoisotopic (exact) mass is 384 g/mol. The van der Waals surface area contributed by atoms with E-state index in [0.717, 1.165) is 16.7 Å². The first kappa shape index (κ1) is 19.2. The lowest BCUT2D eigenvalue weighted by molar-refractivity contribution is 0.101. The van der Waals surface area contributed by atoms with Crippen LogP contribution in [0.5, 0.6) is 0 Å². The van der Waals surface area contributed by atoms with Gasteiger partial charge in [0, 0.05) is 24.5 Å². The second-order valence-electron chi connectivity index (χ2n) is 5.94. The second-order valence-corrected chi connectivity index (χ2v) is 5.94. The van der Waals surface area contributed by atoms with Gasteiger partial charge in [0.25, 0.3) is 12.3 Å². The molecule has 0 fully saturated rings. The molecule has 0 spiro atoms. The molecule has 0 saturated carbocycles. The number of anilines is 1. The van der Waals surface area contributed by atoms with Gasteiger partial charge in [0.05, 0.1) is 11.8 Å². The maximum absolute atomic E-state index is 13.1. The lowest BCUT2D eigenvalue weighted by Gasteiger charge is -2.11. The van der Waals surface area contributed by atoms with Gasteiger partial charge in [-0.1, -0.05) is 47.6 Å². The Kier molecular flexibility index (Phi) is 5.78. The van der Waals surface area contributed by atoms with Crippen LogP contribution in [0.4, 0.5) is 14.5 Å². The first-order chi connectivity index (χ1) is 13.5. The minimum atomic E-state index is -2.83. The number of alkyl halides is 2. The number of rotatable bonds is 6. The fourth-order valence-electron chi connectivity index (χ4n) is 2.74. The van der Waals surface area contributed by atoms with Gasteiger partial charge in [0.15, 0.2) is 0 Å². The molecule has 3 rings (SSSR count). The van der Waals surface area contributed by atoms with Crippen molar-refractivity contribution < 1.29 is 18.4 Å². The molecule has 0 bridgehead atoms. The van der Waals surface area contributed by atoms with Crippen molar-refractivity contribution in [1.82, 2.24) is 9.78 Å². The molecule has 6 nitrogen and oxygen atoms in total. The standard InChI is InChI=1S/C20H18F2N4O2/c1-26-12-16(18(25-26)19(21)22)20(27)24-17-6-4-3-5-15(17)14-9-7-13(8-10-14)11-23-28-2/h3-12,19H,1-2H3,(H,24,27)/b23-11-. The summed E-state index contributed by atoms with van der Waals surface area (Å²) in [6.45, 7) is 0. The van der Waals surface area contributed by atoms with Gasteiger partial charge in [-0.2, -0.15) is 5.10 Å². The molecule has 2 aromatic carbocycles. The van der Waals surface area contributed by atoms with Crippen molar-refractivity contribution in [2.75, 3.05) is 12.4 Å². The number of halogens is 2. The Morgan fingerprint density at radius 1 is 1.21 bits per heavy atom. The molecule has 0 radical (unpaired) electrons. The molecule has 0 unspecified atom stereocenters. The maximum atomic E-state index is 13.1. The summed E-state index contributed by atoms with van der Waals surface area (Å²) in [5, 5.41) is 10.1. The Balaban J connectivity index is 1.89. The number of hydrogen-bond acceptors (Lipinski definition) is 4.